The van der Waals surface area contributed by atoms with Gasteiger partial charge >= 0.3 is 0 Å². The highest BCUT2D eigenvalue weighted by atomic mass is 35.5. The first-order valence-electron chi connectivity index (χ1n) is 8.23. The lowest BCUT2D eigenvalue weighted by Gasteiger charge is -2.11. The summed E-state index contributed by atoms with van der Waals surface area (Å²) in [5.74, 6) is 1.82. The van der Waals surface area contributed by atoms with Crippen LogP contribution in [-0.2, 0) is 9.47 Å². The fourth-order valence-electron chi connectivity index (χ4n) is 1.81. The molecule has 24 heavy (non-hydrogen) atoms. The summed E-state index contributed by atoms with van der Waals surface area (Å²) in [4.78, 5) is 5.76. The van der Waals surface area contributed by atoms with Crippen LogP contribution >= 0.6 is 23.4 Å². The molecular formula is C17H28ClN3O2S. The molecule has 2 N–H and O–H groups in total. The number of ether oxygens (including phenoxy) is 2. The molecule has 0 aliphatic carbocycles. The van der Waals surface area contributed by atoms with E-state index in [9.17, 15) is 0 Å². The molecule has 0 aromatic heterocycles. The normalized spacial score (nSPS) is 11.5. The van der Waals surface area contributed by atoms with Crippen molar-refractivity contribution in [1.29, 1.82) is 0 Å². The number of nitrogens with one attached hydrogen (secondary N) is 2. The van der Waals surface area contributed by atoms with Gasteiger partial charge in [-0.05, 0) is 37.6 Å². The van der Waals surface area contributed by atoms with Crippen LogP contribution in [0.2, 0.25) is 5.02 Å². The van der Waals surface area contributed by atoms with E-state index >= 15 is 0 Å². The maximum atomic E-state index is 5.88. The molecule has 7 heteroatoms. The maximum absolute atomic E-state index is 5.88. The van der Waals surface area contributed by atoms with Gasteiger partial charge in [0.25, 0.3) is 0 Å². The molecule has 0 aliphatic rings. The van der Waals surface area contributed by atoms with Crippen molar-refractivity contribution in [2.45, 2.75) is 18.2 Å². The number of thioether (sulfide) groups is 1. The van der Waals surface area contributed by atoms with E-state index in [4.69, 9.17) is 21.1 Å². The van der Waals surface area contributed by atoms with Crippen LogP contribution in [0, 0.1) is 0 Å². The molecule has 0 aliphatic heterocycles. The Bertz CT molecular complexity index is 458. The Morgan fingerprint density at radius 3 is 2.67 bits per heavy atom. The first-order chi connectivity index (χ1) is 11.8. The topological polar surface area (TPSA) is 54.9 Å². The van der Waals surface area contributed by atoms with Gasteiger partial charge in [0.05, 0.1) is 13.2 Å². The van der Waals surface area contributed by atoms with Crippen molar-refractivity contribution in [1.82, 2.24) is 10.6 Å². The third kappa shape index (κ3) is 10.8. The number of benzene rings is 1. The second-order valence-corrected chi connectivity index (χ2v) is 6.55. The second kappa shape index (κ2) is 14.4. The molecule has 0 unspecified atom stereocenters. The first-order valence-corrected chi connectivity index (χ1v) is 9.60. The highest BCUT2D eigenvalue weighted by Crippen LogP contribution is 2.19. The van der Waals surface area contributed by atoms with Crippen LogP contribution in [0.25, 0.3) is 0 Å². The van der Waals surface area contributed by atoms with Crippen molar-refractivity contribution in [2.24, 2.45) is 4.99 Å². The lowest BCUT2D eigenvalue weighted by molar-refractivity contribution is 0.0702. The number of halogens is 1. The zero-order chi connectivity index (χ0) is 17.5. The van der Waals surface area contributed by atoms with E-state index in [-0.39, 0.29) is 0 Å². The quantitative estimate of drug-likeness (QED) is 0.255. The SMILES string of the molecule is CCNC(=NCCCOCCOC)NCCSc1ccc(Cl)cc1. The molecule has 1 rings (SSSR count). The van der Waals surface area contributed by atoms with Gasteiger partial charge in [0.15, 0.2) is 5.96 Å². The van der Waals surface area contributed by atoms with E-state index < -0.39 is 0 Å². The predicted molar refractivity (Wildman–Crippen MR) is 103 cm³/mol. The lowest BCUT2D eigenvalue weighted by atomic mass is 10.4. The minimum absolute atomic E-state index is 0.638. The average Bonchev–Trinajstić information content (AvgIpc) is 2.59. The van der Waals surface area contributed by atoms with Gasteiger partial charge in [-0.1, -0.05) is 11.6 Å². The molecule has 136 valence electrons. The van der Waals surface area contributed by atoms with Crippen LogP contribution < -0.4 is 10.6 Å². The largest absolute Gasteiger partial charge is 0.382 e. The summed E-state index contributed by atoms with van der Waals surface area (Å²) >= 11 is 7.68. The predicted octanol–water partition coefficient (Wildman–Crippen LogP) is 3.04. The van der Waals surface area contributed by atoms with Crippen LogP contribution in [0.1, 0.15) is 13.3 Å². The molecule has 0 heterocycles. The smallest absolute Gasteiger partial charge is 0.191 e. The number of rotatable bonds is 12. The summed E-state index contributed by atoms with van der Waals surface area (Å²) < 4.78 is 10.4. The fourth-order valence-corrected chi connectivity index (χ4v) is 2.71. The molecule has 0 saturated carbocycles. The van der Waals surface area contributed by atoms with Gasteiger partial charge in [0, 0.05) is 49.0 Å². The Kier molecular flexibility index (Phi) is 12.7. The lowest BCUT2D eigenvalue weighted by Crippen LogP contribution is -2.38. The number of nitrogens with zero attached hydrogens (tertiary/aromatic N) is 1. The van der Waals surface area contributed by atoms with Crippen LogP contribution in [0.3, 0.4) is 0 Å². The van der Waals surface area contributed by atoms with Gasteiger partial charge in [-0.3, -0.25) is 4.99 Å². The Morgan fingerprint density at radius 2 is 1.96 bits per heavy atom. The zero-order valence-corrected chi connectivity index (χ0v) is 16.1. The number of guanidine groups is 1. The van der Waals surface area contributed by atoms with Crippen molar-refractivity contribution in [2.75, 3.05) is 52.3 Å². The number of hydrogen-bond donors (Lipinski definition) is 2. The Labute approximate surface area is 154 Å². The van der Waals surface area contributed by atoms with Gasteiger partial charge in [-0.25, -0.2) is 0 Å². The molecule has 0 amide bonds. The summed E-state index contributed by atoms with van der Waals surface area (Å²) in [5.41, 5.74) is 0. The molecule has 0 radical (unpaired) electrons. The molecular weight excluding hydrogens is 346 g/mol. The van der Waals surface area contributed by atoms with Crippen molar-refractivity contribution in [3.63, 3.8) is 0 Å². The Morgan fingerprint density at radius 1 is 1.17 bits per heavy atom. The second-order valence-electron chi connectivity index (χ2n) is 4.95. The highest BCUT2D eigenvalue weighted by molar-refractivity contribution is 7.99. The van der Waals surface area contributed by atoms with E-state index in [2.05, 4.69) is 22.5 Å². The molecule has 1 aromatic rings. The van der Waals surface area contributed by atoms with Crippen molar-refractivity contribution >= 4 is 29.3 Å². The van der Waals surface area contributed by atoms with Crippen LogP contribution in [-0.4, -0.2) is 58.3 Å². The number of methoxy groups -OCH3 is 1. The van der Waals surface area contributed by atoms with Gasteiger partial charge in [0.1, 0.15) is 0 Å². The number of aliphatic imine (C=N–C) groups is 1. The van der Waals surface area contributed by atoms with E-state index in [0.717, 1.165) is 42.8 Å². The molecule has 1 aromatic carbocycles. The minimum Gasteiger partial charge on any atom is -0.382 e. The van der Waals surface area contributed by atoms with Gasteiger partial charge < -0.3 is 20.1 Å². The van der Waals surface area contributed by atoms with E-state index in [1.54, 1.807) is 18.9 Å². The molecule has 0 saturated heterocycles. The van der Waals surface area contributed by atoms with Crippen molar-refractivity contribution in [3.05, 3.63) is 29.3 Å². The summed E-state index contributed by atoms with van der Waals surface area (Å²) in [6.45, 7) is 6.49. The van der Waals surface area contributed by atoms with E-state index in [1.165, 1.54) is 4.90 Å². The zero-order valence-electron chi connectivity index (χ0n) is 14.5. The Balaban J connectivity index is 2.17. The monoisotopic (exact) mass is 373 g/mol. The van der Waals surface area contributed by atoms with Gasteiger partial charge in [0.2, 0.25) is 0 Å². The fraction of sp³-hybridized carbons (Fsp3) is 0.588. The summed E-state index contributed by atoms with van der Waals surface area (Å²) in [6, 6.07) is 7.90. The van der Waals surface area contributed by atoms with Crippen LogP contribution in [0.4, 0.5) is 0 Å². The van der Waals surface area contributed by atoms with Gasteiger partial charge in [-0.15, -0.1) is 11.8 Å². The van der Waals surface area contributed by atoms with Crippen LogP contribution in [0.5, 0.6) is 0 Å². The van der Waals surface area contributed by atoms with E-state index in [0.29, 0.717) is 19.8 Å². The Hall–Kier alpha value is -0.950. The molecule has 0 bridgehead atoms. The summed E-state index contributed by atoms with van der Waals surface area (Å²) in [7, 11) is 1.67. The summed E-state index contributed by atoms with van der Waals surface area (Å²) in [5, 5.41) is 7.36. The van der Waals surface area contributed by atoms with Crippen molar-refractivity contribution < 1.29 is 9.47 Å². The standard InChI is InChI=1S/C17H28ClN3O2S/c1-3-19-17(20-9-4-11-23-13-12-22-2)21-10-14-24-16-7-5-15(18)6-8-16/h5-8H,3-4,9-14H2,1-2H3,(H2,19,20,21). The molecule has 5 nitrogen and oxygen atoms in total. The third-order valence-electron chi connectivity index (χ3n) is 2.97. The van der Waals surface area contributed by atoms with Crippen LogP contribution in [0.15, 0.2) is 34.2 Å². The summed E-state index contributed by atoms with van der Waals surface area (Å²) in [6.07, 6.45) is 0.903. The molecule has 0 spiro atoms. The first kappa shape index (κ1) is 21.1. The maximum Gasteiger partial charge on any atom is 0.191 e. The average molecular weight is 374 g/mol. The number of hydrogen-bond acceptors (Lipinski definition) is 4. The highest BCUT2D eigenvalue weighted by Gasteiger charge is 1.98. The van der Waals surface area contributed by atoms with E-state index in [1.807, 2.05) is 24.3 Å². The van der Waals surface area contributed by atoms with Crippen molar-refractivity contribution in [3.8, 4) is 0 Å². The molecule has 0 atom stereocenters. The molecule has 0 fully saturated rings. The minimum atomic E-state index is 0.638. The third-order valence-corrected chi connectivity index (χ3v) is 4.24. The van der Waals surface area contributed by atoms with Gasteiger partial charge in [-0.2, -0.15) is 0 Å².